The predicted molar refractivity (Wildman–Crippen MR) is 132 cm³/mol. The summed E-state index contributed by atoms with van der Waals surface area (Å²) in [4.78, 5) is 17.6. The highest BCUT2D eigenvalue weighted by molar-refractivity contribution is 7.98. The lowest BCUT2D eigenvalue weighted by molar-refractivity contribution is 0.839. The van der Waals surface area contributed by atoms with Gasteiger partial charge in [-0.1, -0.05) is 71.1 Å². The van der Waals surface area contributed by atoms with Crippen LogP contribution in [0.4, 0.5) is 0 Å². The van der Waals surface area contributed by atoms with Gasteiger partial charge in [0.05, 0.1) is 11.4 Å². The molecule has 5 aromatic rings. The normalized spacial score (nSPS) is 11.4. The zero-order valence-electron chi connectivity index (χ0n) is 18.5. The van der Waals surface area contributed by atoms with Crippen LogP contribution in [0.25, 0.3) is 10.6 Å². The number of fused-ring (bicyclic) bond motifs is 1. The van der Waals surface area contributed by atoms with Crippen molar-refractivity contribution in [2.45, 2.75) is 38.1 Å². The Morgan fingerprint density at radius 1 is 1.00 bits per heavy atom. The highest BCUT2D eigenvalue weighted by Gasteiger charge is 2.17. The summed E-state index contributed by atoms with van der Waals surface area (Å²) in [5.74, 6) is 1.38. The Hall–Kier alpha value is -3.30. The number of hydrogen-bond acceptors (Lipinski definition) is 7. The van der Waals surface area contributed by atoms with Gasteiger partial charge in [-0.15, -0.1) is 10.2 Å². The van der Waals surface area contributed by atoms with Gasteiger partial charge in [0.25, 0.3) is 5.56 Å². The molecule has 0 saturated carbocycles. The van der Waals surface area contributed by atoms with Gasteiger partial charge in [-0.3, -0.25) is 9.36 Å². The van der Waals surface area contributed by atoms with Crippen LogP contribution in [0.1, 0.15) is 33.2 Å². The average Bonchev–Trinajstić information content (AvgIpc) is 3.36. The lowest BCUT2D eigenvalue weighted by atomic mass is 10.1. The summed E-state index contributed by atoms with van der Waals surface area (Å²) in [7, 11) is 0. The third kappa shape index (κ3) is 4.46. The molecule has 0 radical (unpaired) electrons. The molecule has 0 aliphatic rings. The highest BCUT2D eigenvalue weighted by Crippen LogP contribution is 2.28. The Morgan fingerprint density at radius 3 is 2.61 bits per heavy atom. The van der Waals surface area contributed by atoms with E-state index >= 15 is 0 Å². The second kappa shape index (κ2) is 8.92. The first-order valence-electron chi connectivity index (χ1n) is 10.5. The van der Waals surface area contributed by atoms with Gasteiger partial charge < -0.3 is 0 Å². The fraction of sp³-hybridized carbons (Fsp3) is 0.208. The van der Waals surface area contributed by atoms with Crippen LogP contribution in [0.5, 0.6) is 0 Å². The number of benzene rings is 2. The van der Waals surface area contributed by atoms with Crippen LogP contribution in [0, 0.1) is 20.8 Å². The van der Waals surface area contributed by atoms with Gasteiger partial charge in [0.15, 0.2) is 5.16 Å². The highest BCUT2D eigenvalue weighted by atomic mass is 32.2. The Kier molecular flexibility index (Phi) is 5.82. The molecule has 0 fully saturated rings. The van der Waals surface area contributed by atoms with Crippen molar-refractivity contribution in [2.75, 3.05) is 0 Å². The Balaban J connectivity index is 1.51. The first kappa shape index (κ1) is 21.5. The fourth-order valence-corrected chi connectivity index (χ4v) is 5.37. The molecule has 3 aromatic heterocycles. The quantitative estimate of drug-likeness (QED) is 0.336. The molecular weight excluding hydrogens is 452 g/mol. The fourth-order valence-electron chi connectivity index (χ4n) is 3.75. The second-order valence-electron chi connectivity index (χ2n) is 7.88. The molecule has 9 heteroatoms. The summed E-state index contributed by atoms with van der Waals surface area (Å²) in [6, 6.07) is 18.2. The van der Waals surface area contributed by atoms with Crippen molar-refractivity contribution in [1.29, 1.82) is 0 Å². The molecule has 0 spiro atoms. The van der Waals surface area contributed by atoms with Crippen LogP contribution in [0.3, 0.4) is 0 Å². The van der Waals surface area contributed by atoms with Gasteiger partial charge in [-0.2, -0.15) is 9.61 Å². The molecule has 7 nitrogen and oxygen atoms in total. The van der Waals surface area contributed by atoms with Gasteiger partial charge in [0.2, 0.25) is 4.96 Å². The maximum Gasteiger partial charge on any atom is 0.275 e. The molecule has 0 N–H and O–H groups in total. The summed E-state index contributed by atoms with van der Waals surface area (Å²) in [5.41, 5.74) is 5.13. The first-order chi connectivity index (χ1) is 16.0. The molecule has 0 saturated heterocycles. The Morgan fingerprint density at radius 2 is 1.82 bits per heavy atom. The summed E-state index contributed by atoms with van der Waals surface area (Å²) in [6.45, 7) is 6.06. The largest absolute Gasteiger partial charge is 0.275 e. The van der Waals surface area contributed by atoms with E-state index in [1.54, 1.807) is 6.07 Å². The van der Waals surface area contributed by atoms with Gasteiger partial charge in [-0.05, 0) is 38.0 Å². The van der Waals surface area contributed by atoms with E-state index in [0.717, 1.165) is 27.2 Å². The standard InChI is InChI=1S/C24H22N6OS2/c1-15-9-10-20(16(2)11-15)29-21(12-18-7-5-4-6-8-18)26-27-24(29)32-14-19-13-22(31)30-23(25-19)33-17(3)28-30/h4-11,13H,12,14H2,1-3H3. The van der Waals surface area contributed by atoms with Crippen LogP contribution in [-0.4, -0.2) is 29.4 Å². The minimum absolute atomic E-state index is 0.166. The van der Waals surface area contributed by atoms with Gasteiger partial charge in [0.1, 0.15) is 10.8 Å². The molecule has 2 aromatic carbocycles. The van der Waals surface area contributed by atoms with Crippen LogP contribution in [0.2, 0.25) is 0 Å². The number of aromatic nitrogens is 6. The van der Waals surface area contributed by atoms with E-state index in [2.05, 4.69) is 69.0 Å². The van der Waals surface area contributed by atoms with Gasteiger partial charge >= 0.3 is 0 Å². The molecule has 0 aliphatic carbocycles. The summed E-state index contributed by atoms with van der Waals surface area (Å²) >= 11 is 2.94. The van der Waals surface area contributed by atoms with Crippen molar-refractivity contribution in [3.8, 4) is 5.69 Å². The Labute approximate surface area is 199 Å². The molecular formula is C24H22N6OS2. The molecule has 166 valence electrons. The molecule has 0 aliphatic heterocycles. The van der Waals surface area contributed by atoms with Crippen molar-refractivity contribution in [1.82, 2.24) is 29.4 Å². The smallest absolute Gasteiger partial charge is 0.273 e. The number of aryl methyl sites for hydroxylation is 3. The molecule has 33 heavy (non-hydrogen) atoms. The van der Waals surface area contributed by atoms with E-state index in [4.69, 9.17) is 0 Å². The van der Waals surface area contributed by atoms with E-state index in [1.165, 1.54) is 38.7 Å². The number of nitrogens with zero attached hydrogens (tertiary/aromatic N) is 6. The lowest BCUT2D eigenvalue weighted by Crippen LogP contribution is -2.15. The van der Waals surface area contributed by atoms with E-state index in [1.807, 2.05) is 25.1 Å². The lowest BCUT2D eigenvalue weighted by Gasteiger charge is -2.13. The molecule has 5 rings (SSSR count). The zero-order chi connectivity index (χ0) is 22.9. The van der Waals surface area contributed by atoms with Crippen LogP contribution in [0.15, 0.2) is 64.5 Å². The summed E-state index contributed by atoms with van der Waals surface area (Å²) in [6.07, 6.45) is 0.674. The van der Waals surface area contributed by atoms with Crippen molar-refractivity contribution >= 4 is 28.1 Å². The number of thioether (sulfide) groups is 1. The van der Waals surface area contributed by atoms with Crippen LogP contribution in [-0.2, 0) is 12.2 Å². The monoisotopic (exact) mass is 474 g/mol. The third-order valence-corrected chi connectivity index (χ3v) is 7.03. The SMILES string of the molecule is Cc1ccc(-n2c(Cc3ccccc3)nnc2SCc2cc(=O)n3nc(C)sc3n2)c(C)c1. The van der Waals surface area contributed by atoms with Crippen molar-refractivity contribution in [2.24, 2.45) is 0 Å². The van der Waals surface area contributed by atoms with Crippen LogP contribution < -0.4 is 5.56 Å². The zero-order valence-corrected chi connectivity index (χ0v) is 20.2. The van der Waals surface area contributed by atoms with Crippen LogP contribution >= 0.6 is 23.1 Å². The van der Waals surface area contributed by atoms with E-state index in [9.17, 15) is 4.79 Å². The van der Waals surface area contributed by atoms with Crippen molar-refractivity contribution in [3.63, 3.8) is 0 Å². The average molecular weight is 475 g/mol. The summed E-state index contributed by atoms with van der Waals surface area (Å²) < 4.78 is 3.47. The topological polar surface area (TPSA) is 78.0 Å². The molecule has 0 bridgehead atoms. The van der Waals surface area contributed by atoms with Crippen molar-refractivity contribution < 1.29 is 0 Å². The minimum Gasteiger partial charge on any atom is -0.273 e. The predicted octanol–water partition coefficient (Wildman–Crippen LogP) is 4.54. The molecule has 0 unspecified atom stereocenters. The maximum absolute atomic E-state index is 12.4. The minimum atomic E-state index is -0.166. The van der Waals surface area contributed by atoms with Gasteiger partial charge in [-0.25, -0.2) is 4.98 Å². The molecule has 0 amide bonds. The number of rotatable bonds is 6. The Bertz CT molecular complexity index is 1500. The van der Waals surface area contributed by atoms with E-state index in [-0.39, 0.29) is 5.56 Å². The summed E-state index contributed by atoms with van der Waals surface area (Å²) in [5, 5.41) is 14.8. The maximum atomic E-state index is 12.4. The van der Waals surface area contributed by atoms with Crippen molar-refractivity contribution in [3.05, 3.63) is 98.2 Å². The van der Waals surface area contributed by atoms with Gasteiger partial charge in [0, 0.05) is 18.2 Å². The van der Waals surface area contributed by atoms with E-state index < -0.39 is 0 Å². The molecule has 3 heterocycles. The molecule has 0 atom stereocenters. The number of hydrogen-bond donors (Lipinski definition) is 0. The van der Waals surface area contributed by atoms with E-state index in [0.29, 0.717) is 22.8 Å². The first-order valence-corrected chi connectivity index (χ1v) is 12.3. The second-order valence-corrected chi connectivity index (χ2v) is 9.98. The third-order valence-electron chi connectivity index (χ3n) is 5.25.